The van der Waals surface area contributed by atoms with E-state index in [1.54, 1.807) is 12.3 Å². The molecule has 1 aliphatic heterocycles. The number of hydrogen-bond acceptors (Lipinski definition) is 4. The summed E-state index contributed by atoms with van der Waals surface area (Å²) in [5.41, 5.74) is 2.12. The summed E-state index contributed by atoms with van der Waals surface area (Å²) in [6.07, 6.45) is 1.62. The van der Waals surface area contributed by atoms with E-state index in [1.165, 1.54) is 6.07 Å². The van der Waals surface area contributed by atoms with E-state index < -0.39 is 0 Å². The summed E-state index contributed by atoms with van der Waals surface area (Å²) in [6, 6.07) is 16.5. The second-order valence-electron chi connectivity index (χ2n) is 6.95. The fourth-order valence-electron chi connectivity index (χ4n) is 3.55. The Labute approximate surface area is 163 Å². The maximum absolute atomic E-state index is 13.9. The van der Waals surface area contributed by atoms with Crippen LogP contribution in [-0.4, -0.2) is 55.1 Å². The Balaban J connectivity index is 1.25. The van der Waals surface area contributed by atoms with Crippen LogP contribution in [0.1, 0.15) is 10.4 Å². The van der Waals surface area contributed by atoms with E-state index in [0.29, 0.717) is 17.8 Å². The number of halogens is 1. The molecule has 0 bridgehead atoms. The Morgan fingerprint density at radius 1 is 1.04 bits per heavy atom. The van der Waals surface area contributed by atoms with E-state index in [9.17, 15) is 9.18 Å². The van der Waals surface area contributed by atoms with Gasteiger partial charge in [0.1, 0.15) is 5.82 Å². The number of anilines is 1. The number of carbonyl (C=O) groups is 1. The number of fused-ring (bicyclic) bond motifs is 1. The quantitative estimate of drug-likeness (QED) is 0.742. The molecule has 1 aliphatic rings. The summed E-state index contributed by atoms with van der Waals surface area (Å²) >= 11 is 0. The van der Waals surface area contributed by atoms with Gasteiger partial charge in [-0.25, -0.2) is 4.39 Å². The standard InChI is InChI=1S/C22H23FN4O/c23-19-6-2-4-8-21(19)27-13-11-26(12-14-27)10-9-24-22(28)18-15-17-5-1-3-7-20(17)25-16-18/h1-8,15-16H,9-14H2,(H,24,28). The second-order valence-corrected chi connectivity index (χ2v) is 6.95. The van der Waals surface area contributed by atoms with Crippen molar-refractivity contribution in [3.63, 3.8) is 0 Å². The SMILES string of the molecule is O=C(NCCN1CCN(c2ccccc2F)CC1)c1cnc2ccccc2c1. The Hall–Kier alpha value is -2.99. The zero-order valence-corrected chi connectivity index (χ0v) is 15.6. The summed E-state index contributed by atoms with van der Waals surface area (Å²) < 4.78 is 13.9. The largest absolute Gasteiger partial charge is 0.367 e. The number of nitrogens with zero attached hydrogens (tertiary/aromatic N) is 3. The molecule has 1 saturated heterocycles. The average Bonchev–Trinajstić information content (AvgIpc) is 2.74. The predicted octanol–water partition coefficient (Wildman–Crippen LogP) is 2.93. The normalized spacial score (nSPS) is 15.0. The topological polar surface area (TPSA) is 48.5 Å². The number of pyridine rings is 1. The van der Waals surface area contributed by atoms with Gasteiger partial charge in [0.15, 0.2) is 0 Å². The maximum Gasteiger partial charge on any atom is 0.252 e. The summed E-state index contributed by atoms with van der Waals surface area (Å²) in [4.78, 5) is 21.1. The molecule has 1 aromatic heterocycles. The minimum absolute atomic E-state index is 0.108. The molecule has 0 saturated carbocycles. The van der Waals surface area contributed by atoms with Gasteiger partial charge in [0.25, 0.3) is 5.91 Å². The van der Waals surface area contributed by atoms with Crippen molar-refractivity contribution < 1.29 is 9.18 Å². The predicted molar refractivity (Wildman–Crippen MR) is 109 cm³/mol. The van der Waals surface area contributed by atoms with Crippen LogP contribution in [0.4, 0.5) is 10.1 Å². The molecule has 0 spiro atoms. The fraction of sp³-hybridized carbons (Fsp3) is 0.273. The van der Waals surface area contributed by atoms with Crippen LogP contribution in [-0.2, 0) is 0 Å². The second kappa shape index (κ2) is 8.35. The first-order valence-corrected chi connectivity index (χ1v) is 9.55. The lowest BCUT2D eigenvalue weighted by Gasteiger charge is -2.36. The molecule has 2 aromatic carbocycles. The van der Waals surface area contributed by atoms with Crippen LogP contribution in [0.25, 0.3) is 10.9 Å². The minimum Gasteiger partial charge on any atom is -0.367 e. The highest BCUT2D eigenvalue weighted by molar-refractivity contribution is 5.97. The first kappa shape index (κ1) is 18.4. The highest BCUT2D eigenvalue weighted by Crippen LogP contribution is 2.20. The lowest BCUT2D eigenvalue weighted by molar-refractivity contribution is 0.0947. The molecule has 5 nitrogen and oxygen atoms in total. The summed E-state index contributed by atoms with van der Waals surface area (Å²) in [5, 5.41) is 3.93. The van der Waals surface area contributed by atoms with Gasteiger partial charge in [-0.1, -0.05) is 30.3 Å². The molecule has 4 rings (SSSR count). The summed E-state index contributed by atoms with van der Waals surface area (Å²) in [7, 11) is 0. The van der Waals surface area contributed by atoms with Gasteiger partial charge in [-0.3, -0.25) is 14.7 Å². The first-order valence-electron chi connectivity index (χ1n) is 9.55. The van der Waals surface area contributed by atoms with E-state index in [2.05, 4.69) is 20.1 Å². The van der Waals surface area contributed by atoms with Crippen molar-refractivity contribution in [1.29, 1.82) is 0 Å². The average molecular weight is 378 g/mol. The van der Waals surface area contributed by atoms with Crippen LogP contribution < -0.4 is 10.2 Å². The number of carbonyl (C=O) groups excluding carboxylic acids is 1. The van der Waals surface area contributed by atoms with Crippen LogP contribution in [0.3, 0.4) is 0 Å². The third-order valence-corrected chi connectivity index (χ3v) is 5.13. The monoisotopic (exact) mass is 378 g/mol. The molecule has 1 amide bonds. The van der Waals surface area contributed by atoms with Crippen LogP contribution >= 0.6 is 0 Å². The van der Waals surface area contributed by atoms with Crippen LogP contribution in [0.2, 0.25) is 0 Å². The number of piperazine rings is 1. The lowest BCUT2D eigenvalue weighted by atomic mass is 10.1. The third-order valence-electron chi connectivity index (χ3n) is 5.13. The van der Waals surface area contributed by atoms with Gasteiger partial charge >= 0.3 is 0 Å². The molecule has 6 heteroatoms. The summed E-state index contributed by atoms with van der Waals surface area (Å²) in [5.74, 6) is -0.282. The first-order chi connectivity index (χ1) is 13.7. The van der Waals surface area contributed by atoms with Crippen molar-refractivity contribution in [1.82, 2.24) is 15.2 Å². The number of nitrogens with one attached hydrogen (secondary N) is 1. The van der Waals surface area contributed by atoms with Gasteiger partial charge < -0.3 is 10.2 Å². The van der Waals surface area contributed by atoms with E-state index in [1.807, 2.05) is 42.5 Å². The minimum atomic E-state index is -0.174. The molecule has 1 fully saturated rings. The van der Waals surface area contributed by atoms with Gasteiger partial charge in [0.05, 0.1) is 16.8 Å². The molecule has 0 aliphatic carbocycles. The van der Waals surface area contributed by atoms with Gasteiger partial charge in [-0.15, -0.1) is 0 Å². The highest BCUT2D eigenvalue weighted by atomic mass is 19.1. The molecule has 2 heterocycles. The molecule has 0 radical (unpaired) electrons. The van der Waals surface area contributed by atoms with Crippen molar-refractivity contribution in [3.05, 3.63) is 72.2 Å². The molecule has 0 unspecified atom stereocenters. The zero-order chi connectivity index (χ0) is 19.3. The molecule has 144 valence electrons. The number of hydrogen-bond donors (Lipinski definition) is 1. The van der Waals surface area contributed by atoms with Crippen molar-refractivity contribution in [2.24, 2.45) is 0 Å². The number of para-hydroxylation sites is 2. The number of aromatic nitrogens is 1. The number of benzene rings is 2. The molecule has 28 heavy (non-hydrogen) atoms. The Bertz CT molecular complexity index is 969. The van der Waals surface area contributed by atoms with E-state index in [-0.39, 0.29) is 11.7 Å². The molecular weight excluding hydrogens is 355 g/mol. The molecule has 3 aromatic rings. The Morgan fingerprint density at radius 3 is 2.61 bits per heavy atom. The van der Waals surface area contributed by atoms with Crippen molar-refractivity contribution in [2.75, 3.05) is 44.2 Å². The summed E-state index contributed by atoms with van der Waals surface area (Å²) in [6.45, 7) is 4.61. The Kier molecular flexibility index (Phi) is 5.48. The molecular formula is C22H23FN4O. The van der Waals surface area contributed by atoms with Gasteiger partial charge in [0.2, 0.25) is 0 Å². The fourth-order valence-corrected chi connectivity index (χ4v) is 3.55. The van der Waals surface area contributed by atoms with Gasteiger partial charge in [-0.2, -0.15) is 0 Å². The number of rotatable bonds is 5. The number of amides is 1. The highest BCUT2D eigenvalue weighted by Gasteiger charge is 2.19. The maximum atomic E-state index is 13.9. The molecule has 0 atom stereocenters. The van der Waals surface area contributed by atoms with E-state index in [0.717, 1.165) is 43.6 Å². The zero-order valence-electron chi connectivity index (χ0n) is 15.6. The van der Waals surface area contributed by atoms with Gasteiger partial charge in [-0.05, 0) is 24.3 Å². The van der Waals surface area contributed by atoms with Crippen molar-refractivity contribution in [3.8, 4) is 0 Å². The van der Waals surface area contributed by atoms with Crippen LogP contribution in [0.15, 0.2) is 60.8 Å². The smallest absolute Gasteiger partial charge is 0.252 e. The Morgan fingerprint density at radius 2 is 1.79 bits per heavy atom. The van der Waals surface area contributed by atoms with E-state index in [4.69, 9.17) is 0 Å². The van der Waals surface area contributed by atoms with E-state index >= 15 is 0 Å². The van der Waals surface area contributed by atoms with Crippen LogP contribution in [0, 0.1) is 5.82 Å². The van der Waals surface area contributed by atoms with Crippen molar-refractivity contribution >= 4 is 22.5 Å². The van der Waals surface area contributed by atoms with Gasteiger partial charge in [0, 0.05) is 50.9 Å². The van der Waals surface area contributed by atoms with Crippen LogP contribution in [0.5, 0.6) is 0 Å². The van der Waals surface area contributed by atoms with Crippen molar-refractivity contribution in [2.45, 2.75) is 0 Å². The lowest BCUT2D eigenvalue weighted by Crippen LogP contribution is -2.48. The molecule has 1 N–H and O–H groups in total. The third kappa shape index (κ3) is 4.12.